The van der Waals surface area contributed by atoms with E-state index < -0.39 is 5.97 Å². The lowest BCUT2D eigenvalue weighted by atomic mass is 10.1. The summed E-state index contributed by atoms with van der Waals surface area (Å²) >= 11 is 12.3. The Balaban J connectivity index is 2.59. The van der Waals surface area contributed by atoms with Crippen molar-refractivity contribution >= 4 is 34.9 Å². The highest BCUT2D eigenvalue weighted by Crippen LogP contribution is 2.32. The lowest BCUT2D eigenvalue weighted by Gasteiger charge is -2.07. The predicted octanol–water partition coefficient (Wildman–Crippen LogP) is 3.78. The number of ether oxygens (including phenoxy) is 2. The van der Waals surface area contributed by atoms with E-state index in [0.29, 0.717) is 21.4 Å². The zero-order valence-corrected chi connectivity index (χ0v) is 13.8. The highest BCUT2D eigenvalue weighted by Gasteiger charge is 2.21. The molecule has 2 aromatic rings. The number of esters is 1. The van der Waals surface area contributed by atoms with Crippen LogP contribution in [0.2, 0.25) is 10.0 Å². The van der Waals surface area contributed by atoms with Crippen molar-refractivity contribution in [1.82, 2.24) is 9.78 Å². The summed E-state index contributed by atoms with van der Waals surface area (Å²) in [4.78, 5) is 11.9. The van der Waals surface area contributed by atoms with Gasteiger partial charge < -0.3 is 9.47 Å². The maximum atomic E-state index is 11.9. The lowest BCUT2D eigenvalue weighted by molar-refractivity contribution is -0.134. The molecule has 0 radical (unpaired) electrons. The van der Waals surface area contributed by atoms with Crippen LogP contribution in [-0.2, 0) is 14.3 Å². The third-order valence-electron chi connectivity index (χ3n) is 2.99. The summed E-state index contributed by atoms with van der Waals surface area (Å²) in [5, 5.41) is 5.38. The van der Waals surface area contributed by atoms with Crippen LogP contribution in [0.3, 0.4) is 0 Å². The van der Waals surface area contributed by atoms with Gasteiger partial charge in [-0.1, -0.05) is 35.3 Å². The van der Waals surface area contributed by atoms with E-state index in [-0.39, 0.29) is 5.70 Å². The average Bonchev–Trinajstić information content (AvgIpc) is 2.80. The van der Waals surface area contributed by atoms with Crippen LogP contribution in [0.1, 0.15) is 5.69 Å². The molecular weight excluding hydrogens is 327 g/mol. The molecule has 2 rings (SSSR count). The number of aromatic nitrogens is 2. The van der Waals surface area contributed by atoms with Crippen LogP contribution >= 0.6 is 23.2 Å². The molecule has 0 atom stereocenters. The molecule has 0 fully saturated rings. The monoisotopic (exact) mass is 340 g/mol. The summed E-state index contributed by atoms with van der Waals surface area (Å²) < 4.78 is 11.0. The van der Waals surface area contributed by atoms with Crippen molar-refractivity contribution in [1.29, 1.82) is 0 Å². The first-order valence-corrected chi connectivity index (χ1v) is 7.08. The van der Waals surface area contributed by atoms with Crippen LogP contribution in [0.4, 0.5) is 0 Å². The summed E-state index contributed by atoms with van der Waals surface area (Å²) in [6, 6.07) is 7.14. The molecule has 0 spiro atoms. The molecule has 0 bridgehead atoms. The highest BCUT2D eigenvalue weighted by atomic mass is 35.5. The van der Waals surface area contributed by atoms with Gasteiger partial charge in [-0.3, -0.25) is 0 Å². The van der Waals surface area contributed by atoms with Gasteiger partial charge in [0.05, 0.1) is 24.9 Å². The molecular formula is C15H14Cl2N2O3. The molecule has 0 aliphatic carbocycles. The van der Waals surface area contributed by atoms with Gasteiger partial charge in [-0.25, -0.2) is 9.48 Å². The Morgan fingerprint density at radius 1 is 1.32 bits per heavy atom. The van der Waals surface area contributed by atoms with E-state index in [2.05, 4.69) is 5.10 Å². The number of methoxy groups -OCH3 is 2. The van der Waals surface area contributed by atoms with Crippen LogP contribution in [0.5, 0.6) is 0 Å². The van der Waals surface area contributed by atoms with Crippen LogP contribution in [0.25, 0.3) is 17.0 Å². The number of benzene rings is 1. The van der Waals surface area contributed by atoms with E-state index in [0.717, 1.165) is 5.56 Å². The topological polar surface area (TPSA) is 53.4 Å². The second-order valence-electron chi connectivity index (χ2n) is 4.40. The molecule has 116 valence electrons. The Hall–Kier alpha value is -1.98. The molecule has 1 heterocycles. The van der Waals surface area contributed by atoms with E-state index in [1.54, 1.807) is 25.1 Å². The molecule has 22 heavy (non-hydrogen) atoms. The molecule has 0 aliphatic rings. The van der Waals surface area contributed by atoms with Crippen molar-refractivity contribution in [2.45, 2.75) is 6.92 Å². The van der Waals surface area contributed by atoms with E-state index in [1.165, 1.54) is 25.2 Å². The molecule has 7 heteroatoms. The molecule has 0 unspecified atom stereocenters. The lowest BCUT2D eigenvalue weighted by Crippen LogP contribution is -2.13. The molecule has 0 saturated heterocycles. The van der Waals surface area contributed by atoms with Crippen LogP contribution in [-0.4, -0.2) is 30.0 Å². The second-order valence-corrected chi connectivity index (χ2v) is 5.21. The van der Waals surface area contributed by atoms with Crippen LogP contribution in [0, 0.1) is 6.92 Å². The standard InChI is InChI=1S/C15H14Cl2N2O3/c1-9-13(17)14(10-5-4-6-11(16)7-10)18-19(9)12(8-21-2)15(20)22-3/h4-8H,1-3H3. The van der Waals surface area contributed by atoms with Crippen LogP contribution in [0.15, 0.2) is 30.5 Å². The summed E-state index contributed by atoms with van der Waals surface area (Å²) in [5.41, 5.74) is 1.98. The third-order valence-corrected chi connectivity index (χ3v) is 3.68. The minimum absolute atomic E-state index is 0.123. The van der Waals surface area contributed by atoms with Gasteiger partial charge in [0, 0.05) is 10.6 Å². The fourth-order valence-corrected chi connectivity index (χ4v) is 2.36. The van der Waals surface area contributed by atoms with E-state index >= 15 is 0 Å². The number of nitrogens with zero attached hydrogens (tertiary/aromatic N) is 2. The molecule has 1 aromatic heterocycles. The van der Waals surface area contributed by atoms with Gasteiger partial charge in [0.25, 0.3) is 0 Å². The van der Waals surface area contributed by atoms with Crippen molar-refractivity contribution in [2.24, 2.45) is 0 Å². The number of carbonyl (C=O) groups is 1. The van der Waals surface area contributed by atoms with Gasteiger partial charge in [0.1, 0.15) is 12.0 Å². The Bertz CT molecular complexity index is 738. The zero-order chi connectivity index (χ0) is 16.3. The van der Waals surface area contributed by atoms with Gasteiger partial charge in [-0.2, -0.15) is 5.10 Å². The van der Waals surface area contributed by atoms with Gasteiger partial charge in [0.15, 0.2) is 5.70 Å². The number of hydrogen-bond donors (Lipinski definition) is 0. The maximum absolute atomic E-state index is 11.9. The summed E-state index contributed by atoms with van der Waals surface area (Å²) in [7, 11) is 2.71. The van der Waals surface area contributed by atoms with Crippen molar-refractivity contribution in [3.8, 4) is 11.3 Å². The van der Waals surface area contributed by atoms with Gasteiger partial charge in [0.2, 0.25) is 0 Å². The minimum atomic E-state index is -0.582. The van der Waals surface area contributed by atoms with Crippen molar-refractivity contribution < 1.29 is 14.3 Å². The summed E-state index contributed by atoms with van der Waals surface area (Å²) in [6.07, 6.45) is 1.25. The summed E-state index contributed by atoms with van der Waals surface area (Å²) in [6.45, 7) is 1.75. The van der Waals surface area contributed by atoms with Crippen molar-refractivity contribution in [2.75, 3.05) is 14.2 Å². The molecule has 0 amide bonds. The molecule has 1 aromatic carbocycles. The maximum Gasteiger partial charge on any atom is 0.359 e. The van der Waals surface area contributed by atoms with E-state index in [4.69, 9.17) is 32.7 Å². The number of halogens is 2. The third kappa shape index (κ3) is 3.10. The fraction of sp³-hybridized carbons (Fsp3) is 0.200. The zero-order valence-electron chi connectivity index (χ0n) is 12.3. The van der Waals surface area contributed by atoms with Crippen molar-refractivity contribution in [3.63, 3.8) is 0 Å². The van der Waals surface area contributed by atoms with E-state index in [1.807, 2.05) is 6.07 Å². The van der Waals surface area contributed by atoms with Crippen LogP contribution < -0.4 is 0 Å². The SMILES string of the molecule is COC=C(C(=O)OC)n1nc(-c2cccc(Cl)c2)c(Cl)c1C. The van der Waals surface area contributed by atoms with Crippen molar-refractivity contribution in [3.05, 3.63) is 46.3 Å². The molecule has 0 saturated carbocycles. The predicted molar refractivity (Wildman–Crippen MR) is 85.7 cm³/mol. The number of hydrogen-bond acceptors (Lipinski definition) is 4. The largest absolute Gasteiger partial charge is 0.502 e. The average molecular weight is 341 g/mol. The number of rotatable bonds is 4. The normalized spacial score (nSPS) is 11.4. The van der Waals surface area contributed by atoms with E-state index in [9.17, 15) is 4.79 Å². The molecule has 0 aliphatic heterocycles. The molecule has 0 N–H and O–H groups in total. The number of carbonyl (C=O) groups excluding carboxylic acids is 1. The quantitative estimate of drug-likeness (QED) is 0.482. The Kier molecular flexibility index (Phi) is 5.11. The fourth-order valence-electron chi connectivity index (χ4n) is 1.94. The Morgan fingerprint density at radius 3 is 2.64 bits per heavy atom. The Morgan fingerprint density at radius 2 is 2.05 bits per heavy atom. The smallest absolute Gasteiger partial charge is 0.359 e. The first-order valence-electron chi connectivity index (χ1n) is 6.32. The Labute approximate surface area is 138 Å². The first kappa shape index (κ1) is 16.4. The highest BCUT2D eigenvalue weighted by molar-refractivity contribution is 6.34. The summed E-state index contributed by atoms with van der Waals surface area (Å²) in [5.74, 6) is -0.582. The van der Waals surface area contributed by atoms with Gasteiger partial charge >= 0.3 is 5.97 Å². The molecule has 5 nitrogen and oxygen atoms in total. The minimum Gasteiger partial charge on any atom is -0.502 e. The first-order chi connectivity index (χ1) is 10.5. The second kappa shape index (κ2) is 6.85. The van der Waals surface area contributed by atoms with Gasteiger partial charge in [-0.15, -0.1) is 0 Å². The van der Waals surface area contributed by atoms with Gasteiger partial charge in [-0.05, 0) is 19.1 Å².